The maximum Gasteiger partial charge on any atom is 0.169 e. The van der Waals surface area contributed by atoms with E-state index >= 15 is 0 Å². The summed E-state index contributed by atoms with van der Waals surface area (Å²) in [6.07, 6.45) is 15.6. The van der Waals surface area contributed by atoms with Gasteiger partial charge in [0, 0.05) is 24.0 Å². The lowest BCUT2D eigenvalue weighted by Crippen LogP contribution is -2.21. The van der Waals surface area contributed by atoms with Gasteiger partial charge in [-0.1, -0.05) is 36.4 Å². The van der Waals surface area contributed by atoms with Crippen LogP contribution < -0.4 is 0 Å². The minimum atomic E-state index is 0.0845. The largest absolute Gasteiger partial charge is 0.394 e. The fourth-order valence-electron chi connectivity index (χ4n) is 3.51. The highest BCUT2D eigenvalue weighted by Gasteiger charge is 2.47. The summed E-state index contributed by atoms with van der Waals surface area (Å²) in [7, 11) is 0.124. The molecule has 0 saturated heterocycles. The van der Waals surface area contributed by atoms with Crippen molar-refractivity contribution in [3.8, 4) is 0 Å². The molecule has 4 rings (SSSR count). The van der Waals surface area contributed by atoms with Crippen LogP contribution in [-0.4, -0.2) is 29.7 Å². The minimum absolute atomic E-state index is 0.0845. The first-order valence-corrected chi connectivity index (χ1v) is 9.47. The van der Waals surface area contributed by atoms with Gasteiger partial charge >= 0.3 is 0 Å². The molecule has 0 saturated carbocycles. The van der Waals surface area contributed by atoms with E-state index in [1.165, 1.54) is 20.9 Å². The molecule has 1 N–H and O–H groups in total. The van der Waals surface area contributed by atoms with E-state index in [2.05, 4.69) is 60.7 Å². The van der Waals surface area contributed by atoms with Crippen LogP contribution in [0.15, 0.2) is 70.5 Å². The number of hydrogen-bond acceptors (Lipinski definition) is 2. The summed E-state index contributed by atoms with van der Waals surface area (Å²) in [4.78, 5) is 2.92. The van der Waals surface area contributed by atoms with Crippen molar-refractivity contribution in [1.29, 1.82) is 0 Å². The lowest BCUT2D eigenvalue weighted by Gasteiger charge is -2.18. The second-order valence-electron chi connectivity index (χ2n) is 5.94. The Morgan fingerprint density at radius 1 is 1.22 bits per heavy atom. The molecule has 3 atom stereocenters. The molecule has 1 aliphatic heterocycles. The van der Waals surface area contributed by atoms with E-state index in [0.717, 1.165) is 12.8 Å². The zero-order valence-electron chi connectivity index (χ0n) is 13.0. The first-order chi connectivity index (χ1) is 11.4. The Balaban J connectivity index is 1.63. The van der Waals surface area contributed by atoms with Crippen molar-refractivity contribution >= 4 is 16.5 Å². The van der Waals surface area contributed by atoms with Crippen LogP contribution in [0.25, 0.3) is 5.57 Å². The normalized spacial score (nSPS) is 28.1. The molecule has 1 heterocycles. The van der Waals surface area contributed by atoms with Crippen molar-refractivity contribution in [2.24, 2.45) is 0 Å². The van der Waals surface area contributed by atoms with Crippen LogP contribution in [0.2, 0.25) is 0 Å². The number of ether oxygens (including phenoxy) is 1. The molecule has 3 heteroatoms. The highest BCUT2D eigenvalue weighted by Crippen LogP contribution is 2.48. The summed E-state index contributed by atoms with van der Waals surface area (Å²) < 4.78 is 5.62. The number of fused-ring (bicyclic) bond motifs is 3. The summed E-state index contributed by atoms with van der Waals surface area (Å²) in [5.74, 6) is 0. The van der Waals surface area contributed by atoms with Crippen molar-refractivity contribution in [1.82, 2.24) is 0 Å². The molecule has 0 radical (unpaired) electrons. The summed E-state index contributed by atoms with van der Waals surface area (Å²) in [6, 6.07) is 8.86. The van der Waals surface area contributed by atoms with Crippen LogP contribution in [-0.2, 0) is 15.6 Å². The van der Waals surface area contributed by atoms with E-state index in [-0.39, 0.29) is 23.6 Å². The fourth-order valence-corrected chi connectivity index (χ4v) is 6.31. The molecule has 1 aromatic rings. The van der Waals surface area contributed by atoms with Crippen LogP contribution >= 0.6 is 0 Å². The third-order valence-corrected chi connectivity index (χ3v) is 7.19. The van der Waals surface area contributed by atoms with Crippen molar-refractivity contribution in [3.63, 3.8) is 0 Å². The second-order valence-corrected chi connectivity index (χ2v) is 8.10. The summed E-state index contributed by atoms with van der Waals surface area (Å²) in [6.45, 7) is 0.494. The molecule has 0 fully saturated rings. The van der Waals surface area contributed by atoms with E-state index in [1.807, 2.05) is 0 Å². The van der Waals surface area contributed by atoms with Crippen molar-refractivity contribution in [3.05, 3.63) is 71.2 Å². The topological polar surface area (TPSA) is 29.5 Å². The van der Waals surface area contributed by atoms with Gasteiger partial charge in [0.15, 0.2) is 15.1 Å². The molecular formula is C20H21O2S+. The number of benzene rings is 1. The summed E-state index contributed by atoms with van der Waals surface area (Å²) in [5, 5.41) is 9.47. The minimum Gasteiger partial charge on any atom is -0.394 e. The zero-order chi connectivity index (χ0) is 15.6. The Bertz CT molecular complexity index is 714. The molecule has 23 heavy (non-hydrogen) atoms. The molecule has 2 nitrogen and oxygen atoms in total. The van der Waals surface area contributed by atoms with Crippen molar-refractivity contribution in [2.45, 2.75) is 29.1 Å². The summed E-state index contributed by atoms with van der Waals surface area (Å²) >= 11 is 0. The predicted molar refractivity (Wildman–Crippen MR) is 96.3 cm³/mol. The molecule has 3 unspecified atom stereocenters. The number of aliphatic hydroxyl groups excluding tert-OH is 1. The number of allylic oxidation sites excluding steroid dienone is 4. The number of hydrogen-bond donors (Lipinski definition) is 1. The second kappa shape index (κ2) is 6.52. The van der Waals surface area contributed by atoms with Gasteiger partial charge in [-0.3, -0.25) is 0 Å². The van der Waals surface area contributed by atoms with Crippen LogP contribution in [0, 0.1) is 0 Å². The SMILES string of the molecule is OCCOC1C=CC([S+]2c3ccccc3C3=CC=CCC32)=CC1. The smallest absolute Gasteiger partial charge is 0.169 e. The third-order valence-electron chi connectivity index (χ3n) is 4.53. The predicted octanol–water partition coefficient (Wildman–Crippen LogP) is 3.61. The van der Waals surface area contributed by atoms with Gasteiger partial charge in [-0.25, -0.2) is 0 Å². The first kappa shape index (κ1) is 15.0. The van der Waals surface area contributed by atoms with Gasteiger partial charge in [0.25, 0.3) is 0 Å². The Labute approximate surface area is 140 Å². The Morgan fingerprint density at radius 2 is 2.13 bits per heavy atom. The summed E-state index contributed by atoms with van der Waals surface area (Å²) in [5.41, 5.74) is 2.93. The lowest BCUT2D eigenvalue weighted by molar-refractivity contribution is 0.0556. The van der Waals surface area contributed by atoms with E-state index in [0.29, 0.717) is 11.9 Å². The maximum atomic E-state index is 8.88. The van der Waals surface area contributed by atoms with Gasteiger partial charge in [-0.05, 0) is 24.3 Å². The third kappa shape index (κ3) is 2.74. The van der Waals surface area contributed by atoms with Crippen LogP contribution in [0.3, 0.4) is 0 Å². The van der Waals surface area contributed by atoms with Crippen molar-refractivity contribution < 1.29 is 9.84 Å². The highest BCUT2D eigenvalue weighted by atomic mass is 32.2. The average Bonchev–Trinajstić information content (AvgIpc) is 2.95. The molecule has 2 aliphatic carbocycles. The lowest BCUT2D eigenvalue weighted by atomic mass is 9.98. The molecule has 0 bridgehead atoms. The Kier molecular flexibility index (Phi) is 4.25. The van der Waals surface area contributed by atoms with Gasteiger partial charge in [0.05, 0.1) is 30.2 Å². The molecular weight excluding hydrogens is 304 g/mol. The van der Waals surface area contributed by atoms with E-state index in [4.69, 9.17) is 9.84 Å². The van der Waals surface area contributed by atoms with Gasteiger partial charge < -0.3 is 9.84 Å². The van der Waals surface area contributed by atoms with Gasteiger partial charge in [0.2, 0.25) is 0 Å². The fraction of sp³-hybridized carbons (Fsp3) is 0.300. The van der Waals surface area contributed by atoms with E-state index < -0.39 is 0 Å². The monoisotopic (exact) mass is 325 g/mol. The van der Waals surface area contributed by atoms with Gasteiger partial charge in [-0.15, -0.1) is 0 Å². The van der Waals surface area contributed by atoms with Crippen molar-refractivity contribution in [2.75, 3.05) is 13.2 Å². The zero-order valence-corrected chi connectivity index (χ0v) is 13.8. The quantitative estimate of drug-likeness (QED) is 0.857. The van der Waals surface area contributed by atoms with E-state index in [9.17, 15) is 0 Å². The maximum absolute atomic E-state index is 8.88. The first-order valence-electron chi connectivity index (χ1n) is 8.18. The molecule has 0 spiro atoms. The highest BCUT2D eigenvalue weighted by molar-refractivity contribution is 8.02. The Hall–Kier alpha value is -1.55. The van der Waals surface area contributed by atoms with Gasteiger partial charge in [0.1, 0.15) is 0 Å². The molecule has 118 valence electrons. The number of rotatable bonds is 4. The van der Waals surface area contributed by atoms with Crippen LogP contribution in [0.1, 0.15) is 18.4 Å². The standard InChI is InChI=1S/C20H21O2S/c21-13-14-22-15-9-11-16(12-10-15)23-19-7-3-1-5-17(19)18-6-2-4-8-20(18)23/h1-7,9,11-12,15,20-21H,8,10,13-14H2/q+1. The molecule has 1 aromatic carbocycles. The van der Waals surface area contributed by atoms with Crippen LogP contribution in [0.5, 0.6) is 0 Å². The van der Waals surface area contributed by atoms with Crippen LogP contribution in [0.4, 0.5) is 0 Å². The molecule has 0 aromatic heterocycles. The molecule has 3 aliphatic rings. The number of aliphatic hydroxyl groups is 1. The molecule has 0 amide bonds. The average molecular weight is 325 g/mol. The van der Waals surface area contributed by atoms with E-state index in [1.54, 1.807) is 0 Å². The van der Waals surface area contributed by atoms with Gasteiger partial charge in [-0.2, -0.15) is 0 Å². The Morgan fingerprint density at radius 3 is 2.96 bits per heavy atom.